The molecule has 1 atom stereocenters. The first-order chi connectivity index (χ1) is 15.0. The van der Waals surface area contributed by atoms with Gasteiger partial charge in [-0.2, -0.15) is 0 Å². The van der Waals surface area contributed by atoms with E-state index in [1.54, 1.807) is 17.7 Å². The maximum atomic E-state index is 13.2. The van der Waals surface area contributed by atoms with E-state index in [4.69, 9.17) is 4.74 Å². The van der Waals surface area contributed by atoms with Crippen LogP contribution in [0.1, 0.15) is 24.4 Å². The first-order valence-corrected chi connectivity index (χ1v) is 11.0. The lowest BCUT2D eigenvalue weighted by molar-refractivity contribution is 0.186. The molecule has 0 amide bonds. The van der Waals surface area contributed by atoms with Gasteiger partial charge in [-0.3, -0.25) is 14.2 Å². The summed E-state index contributed by atoms with van der Waals surface area (Å²) in [5.41, 5.74) is 2.46. The lowest BCUT2D eigenvalue weighted by atomic mass is 9.99. The maximum Gasteiger partial charge on any atom is 0.258 e. The minimum Gasteiger partial charge on any atom is -0.487 e. The van der Waals surface area contributed by atoms with E-state index >= 15 is 0 Å². The lowest BCUT2D eigenvalue weighted by Crippen LogP contribution is -2.39. The second kappa shape index (κ2) is 6.69. The molecule has 6 rings (SSSR count). The summed E-state index contributed by atoms with van der Waals surface area (Å²) < 4.78 is 9.97. The molecule has 0 bridgehead atoms. The Hall–Kier alpha value is -3.12. The van der Waals surface area contributed by atoms with Crippen molar-refractivity contribution in [1.29, 1.82) is 0 Å². The molecule has 4 aromatic rings. The molecular formula is C25H25N3O3. The van der Waals surface area contributed by atoms with Gasteiger partial charge in [0.05, 0.1) is 17.1 Å². The zero-order valence-electron chi connectivity index (χ0n) is 17.9. The van der Waals surface area contributed by atoms with Gasteiger partial charge >= 0.3 is 0 Å². The van der Waals surface area contributed by atoms with Gasteiger partial charge in [-0.25, -0.2) is 0 Å². The predicted molar refractivity (Wildman–Crippen MR) is 123 cm³/mol. The van der Waals surface area contributed by atoms with Crippen molar-refractivity contribution in [3.05, 3.63) is 62.7 Å². The topological polar surface area (TPSA) is 56.5 Å². The van der Waals surface area contributed by atoms with Crippen LogP contribution in [0.5, 0.6) is 5.75 Å². The van der Waals surface area contributed by atoms with Crippen LogP contribution in [0.4, 0.5) is 0 Å². The summed E-state index contributed by atoms with van der Waals surface area (Å²) in [6, 6.07) is 11.5. The Morgan fingerprint density at radius 3 is 2.48 bits per heavy atom. The van der Waals surface area contributed by atoms with Gasteiger partial charge < -0.3 is 14.2 Å². The molecule has 0 saturated carbocycles. The fourth-order valence-electron chi connectivity index (χ4n) is 5.50. The molecule has 0 unspecified atom stereocenters. The van der Waals surface area contributed by atoms with Gasteiger partial charge in [-0.1, -0.05) is 18.2 Å². The van der Waals surface area contributed by atoms with Crippen LogP contribution in [-0.4, -0.2) is 40.3 Å². The SMILES string of the molecule is Cc1cc(=O)n2c3c(c4c(cc13)c1ccccc1c(=O)n4C)OC[C@@H]2CN1CCCC1. The van der Waals surface area contributed by atoms with Gasteiger partial charge in [-0.05, 0) is 55.9 Å². The predicted octanol–water partition coefficient (Wildman–Crippen LogP) is 3.34. The van der Waals surface area contributed by atoms with E-state index in [0.29, 0.717) is 17.7 Å². The van der Waals surface area contributed by atoms with Crippen LogP contribution in [0, 0.1) is 6.92 Å². The van der Waals surface area contributed by atoms with Crippen molar-refractivity contribution in [2.45, 2.75) is 25.8 Å². The van der Waals surface area contributed by atoms with Gasteiger partial charge in [0.15, 0.2) is 5.75 Å². The number of rotatable bonds is 2. The monoisotopic (exact) mass is 415 g/mol. The number of ether oxygens (including phenoxy) is 1. The standard InChI is InChI=1S/C25H25N3O3/c1-15-11-21(29)28-16(13-27-9-5-6-10-27)14-31-24-22-20(12-19(15)23(24)28)17-7-3-4-8-18(17)25(30)26(22)2/h3-4,7-8,11-12,16H,5-6,9-10,13-14H2,1-2H3/t16-/m0/s1. The molecule has 158 valence electrons. The van der Waals surface area contributed by atoms with E-state index in [-0.39, 0.29) is 17.2 Å². The number of pyridine rings is 2. The summed E-state index contributed by atoms with van der Waals surface area (Å²) in [6.45, 7) is 5.37. The molecule has 0 N–H and O–H groups in total. The Balaban J connectivity index is 1.73. The highest BCUT2D eigenvalue weighted by atomic mass is 16.5. The number of aromatic nitrogens is 2. The number of fused-ring (bicyclic) bond motifs is 4. The molecule has 6 nitrogen and oxygen atoms in total. The first kappa shape index (κ1) is 18.6. The summed E-state index contributed by atoms with van der Waals surface area (Å²) in [7, 11) is 1.79. The largest absolute Gasteiger partial charge is 0.487 e. The molecule has 1 fully saturated rings. The number of aryl methyl sites for hydroxylation is 2. The Kier molecular flexibility index (Phi) is 4.02. The number of likely N-dealkylation sites (tertiary alicyclic amines) is 1. The van der Waals surface area contributed by atoms with E-state index in [0.717, 1.165) is 52.4 Å². The number of nitrogens with zero attached hydrogens (tertiary/aromatic N) is 3. The minimum atomic E-state index is -0.0527. The third kappa shape index (κ3) is 2.61. The van der Waals surface area contributed by atoms with Gasteiger partial charge in [0.25, 0.3) is 11.1 Å². The van der Waals surface area contributed by atoms with Crippen LogP contribution in [0.2, 0.25) is 0 Å². The average Bonchev–Trinajstić information content (AvgIpc) is 3.28. The Morgan fingerprint density at radius 2 is 1.71 bits per heavy atom. The van der Waals surface area contributed by atoms with Crippen molar-refractivity contribution < 1.29 is 4.74 Å². The third-order valence-corrected chi connectivity index (χ3v) is 7.01. The summed E-state index contributed by atoms with van der Waals surface area (Å²) in [5.74, 6) is 0.649. The van der Waals surface area contributed by atoms with E-state index in [9.17, 15) is 9.59 Å². The second-order valence-corrected chi connectivity index (χ2v) is 8.92. The zero-order valence-corrected chi connectivity index (χ0v) is 17.9. The lowest BCUT2D eigenvalue weighted by Gasteiger charge is -2.32. The molecule has 4 heterocycles. The summed E-state index contributed by atoms with van der Waals surface area (Å²) in [5, 5.41) is 3.60. The fourth-order valence-corrected chi connectivity index (χ4v) is 5.50. The van der Waals surface area contributed by atoms with E-state index in [2.05, 4.69) is 11.0 Å². The van der Waals surface area contributed by atoms with E-state index < -0.39 is 0 Å². The average molecular weight is 415 g/mol. The molecular weight excluding hydrogens is 390 g/mol. The summed E-state index contributed by atoms with van der Waals surface area (Å²) in [6.07, 6.45) is 2.42. The highest BCUT2D eigenvalue weighted by Gasteiger charge is 2.30. The van der Waals surface area contributed by atoms with Crippen LogP contribution in [-0.2, 0) is 7.05 Å². The van der Waals surface area contributed by atoms with Gasteiger partial charge in [-0.15, -0.1) is 0 Å². The van der Waals surface area contributed by atoms with Crippen LogP contribution >= 0.6 is 0 Å². The molecule has 2 aromatic heterocycles. The van der Waals surface area contributed by atoms with Crippen molar-refractivity contribution >= 4 is 32.6 Å². The van der Waals surface area contributed by atoms with Crippen molar-refractivity contribution in [2.75, 3.05) is 26.2 Å². The van der Waals surface area contributed by atoms with Gasteiger partial charge in [0, 0.05) is 35.8 Å². The number of hydrogen-bond donors (Lipinski definition) is 0. The number of hydrogen-bond acceptors (Lipinski definition) is 4. The van der Waals surface area contributed by atoms with Crippen LogP contribution in [0.3, 0.4) is 0 Å². The molecule has 0 aliphatic carbocycles. The molecule has 1 saturated heterocycles. The van der Waals surface area contributed by atoms with Crippen LogP contribution in [0.15, 0.2) is 46.0 Å². The van der Waals surface area contributed by atoms with Crippen molar-refractivity contribution in [3.63, 3.8) is 0 Å². The minimum absolute atomic E-state index is 0.00360. The summed E-state index contributed by atoms with van der Waals surface area (Å²) >= 11 is 0. The van der Waals surface area contributed by atoms with Crippen LogP contribution < -0.4 is 15.9 Å². The van der Waals surface area contributed by atoms with Gasteiger partial charge in [0.2, 0.25) is 0 Å². The van der Waals surface area contributed by atoms with Crippen molar-refractivity contribution in [2.24, 2.45) is 7.05 Å². The molecule has 0 radical (unpaired) electrons. The van der Waals surface area contributed by atoms with Crippen LogP contribution in [0.25, 0.3) is 32.6 Å². The quantitative estimate of drug-likeness (QED) is 0.372. The molecule has 6 heteroatoms. The second-order valence-electron chi connectivity index (χ2n) is 8.92. The molecule has 2 aromatic carbocycles. The molecule has 2 aliphatic heterocycles. The Labute approximate surface area is 179 Å². The molecule has 31 heavy (non-hydrogen) atoms. The third-order valence-electron chi connectivity index (χ3n) is 7.01. The fraction of sp³-hybridized carbons (Fsp3) is 0.360. The molecule has 2 aliphatic rings. The molecule has 0 spiro atoms. The summed E-state index contributed by atoms with van der Waals surface area (Å²) in [4.78, 5) is 28.7. The Morgan fingerprint density at radius 1 is 0.968 bits per heavy atom. The smallest absolute Gasteiger partial charge is 0.258 e. The maximum absolute atomic E-state index is 13.2. The zero-order chi connectivity index (χ0) is 21.3. The first-order valence-electron chi connectivity index (χ1n) is 11.0. The van der Waals surface area contributed by atoms with Gasteiger partial charge in [0.1, 0.15) is 6.61 Å². The van der Waals surface area contributed by atoms with E-state index in [1.807, 2.05) is 35.8 Å². The highest BCUT2D eigenvalue weighted by molar-refractivity contribution is 6.14. The van der Waals surface area contributed by atoms with Crippen molar-refractivity contribution in [3.8, 4) is 5.75 Å². The normalized spacial score (nSPS) is 18.8. The number of benzene rings is 2. The van der Waals surface area contributed by atoms with Crippen molar-refractivity contribution in [1.82, 2.24) is 14.0 Å². The highest BCUT2D eigenvalue weighted by Crippen LogP contribution is 2.40. The van der Waals surface area contributed by atoms with E-state index in [1.165, 1.54) is 12.8 Å². The Bertz CT molecular complexity index is 1490.